The zero-order valence-corrected chi connectivity index (χ0v) is 13.1. The summed E-state index contributed by atoms with van der Waals surface area (Å²) in [6, 6.07) is 0. The highest BCUT2D eigenvalue weighted by molar-refractivity contribution is 5.76. The van der Waals surface area contributed by atoms with E-state index in [2.05, 4.69) is 15.1 Å². The van der Waals surface area contributed by atoms with Gasteiger partial charge in [0, 0.05) is 43.4 Å². The lowest BCUT2D eigenvalue weighted by molar-refractivity contribution is -0.132. The molecular formula is C16H22N4O2. The van der Waals surface area contributed by atoms with Gasteiger partial charge in [0.15, 0.2) is 0 Å². The highest BCUT2D eigenvalue weighted by atomic mass is 16.5. The highest BCUT2D eigenvalue weighted by Gasteiger charge is 2.26. The van der Waals surface area contributed by atoms with E-state index in [1.54, 1.807) is 6.20 Å². The van der Waals surface area contributed by atoms with Crippen LogP contribution in [-0.2, 0) is 11.2 Å². The molecule has 0 aromatic carbocycles. The van der Waals surface area contributed by atoms with E-state index in [0.717, 1.165) is 48.8 Å². The second-order valence-corrected chi connectivity index (χ2v) is 5.96. The van der Waals surface area contributed by atoms with Crippen LogP contribution in [0.25, 0.3) is 0 Å². The van der Waals surface area contributed by atoms with Crippen molar-refractivity contribution in [3.63, 3.8) is 0 Å². The lowest BCUT2D eigenvalue weighted by Gasteiger charge is -2.32. The van der Waals surface area contributed by atoms with E-state index in [4.69, 9.17) is 4.52 Å². The molecule has 0 aliphatic carbocycles. The Hall–Kier alpha value is -2.11. The quantitative estimate of drug-likeness (QED) is 0.940. The highest BCUT2D eigenvalue weighted by Crippen LogP contribution is 2.25. The summed E-state index contributed by atoms with van der Waals surface area (Å²) in [6.45, 7) is 5.42. The fourth-order valence-electron chi connectivity index (χ4n) is 3.18. The van der Waals surface area contributed by atoms with Gasteiger partial charge in [-0.1, -0.05) is 5.16 Å². The van der Waals surface area contributed by atoms with Crippen LogP contribution >= 0.6 is 0 Å². The van der Waals surface area contributed by atoms with Gasteiger partial charge in [-0.15, -0.1) is 0 Å². The number of aromatic amines is 1. The zero-order chi connectivity index (χ0) is 15.5. The number of nitrogens with one attached hydrogen (secondary N) is 1. The fraction of sp³-hybridized carbons (Fsp3) is 0.562. The van der Waals surface area contributed by atoms with Crippen molar-refractivity contribution in [1.82, 2.24) is 20.0 Å². The Morgan fingerprint density at radius 3 is 3.05 bits per heavy atom. The van der Waals surface area contributed by atoms with E-state index >= 15 is 0 Å². The summed E-state index contributed by atoms with van der Waals surface area (Å²) in [5.74, 6) is 2.34. The third-order valence-corrected chi connectivity index (χ3v) is 4.45. The maximum absolute atomic E-state index is 12.5. The average molecular weight is 302 g/mol. The van der Waals surface area contributed by atoms with Crippen molar-refractivity contribution in [1.29, 1.82) is 0 Å². The SMILES string of the molecule is Cc1noc(C)c1CCC(=O)N1CCC[C@H](c2ncc[nH]2)C1. The van der Waals surface area contributed by atoms with Crippen LogP contribution < -0.4 is 0 Å². The van der Waals surface area contributed by atoms with Gasteiger partial charge in [-0.2, -0.15) is 0 Å². The number of hydrogen-bond acceptors (Lipinski definition) is 4. The molecule has 1 aliphatic heterocycles. The zero-order valence-electron chi connectivity index (χ0n) is 13.1. The lowest BCUT2D eigenvalue weighted by atomic mass is 9.96. The Labute approximate surface area is 129 Å². The largest absolute Gasteiger partial charge is 0.361 e. The number of rotatable bonds is 4. The molecule has 0 bridgehead atoms. The summed E-state index contributed by atoms with van der Waals surface area (Å²) in [5.41, 5.74) is 1.95. The minimum absolute atomic E-state index is 0.205. The van der Waals surface area contributed by atoms with Gasteiger partial charge in [0.2, 0.25) is 5.91 Å². The van der Waals surface area contributed by atoms with Crippen LogP contribution in [0.4, 0.5) is 0 Å². The van der Waals surface area contributed by atoms with Crippen LogP contribution in [0.2, 0.25) is 0 Å². The summed E-state index contributed by atoms with van der Waals surface area (Å²) < 4.78 is 5.15. The Morgan fingerprint density at radius 1 is 1.50 bits per heavy atom. The molecule has 0 radical (unpaired) electrons. The van der Waals surface area contributed by atoms with E-state index in [1.807, 2.05) is 24.9 Å². The predicted molar refractivity (Wildman–Crippen MR) is 81.4 cm³/mol. The fourth-order valence-corrected chi connectivity index (χ4v) is 3.18. The summed E-state index contributed by atoms with van der Waals surface area (Å²) in [7, 11) is 0. The topological polar surface area (TPSA) is 75.0 Å². The lowest BCUT2D eigenvalue weighted by Crippen LogP contribution is -2.39. The number of nitrogens with zero attached hydrogens (tertiary/aromatic N) is 3. The molecule has 118 valence electrons. The molecule has 0 spiro atoms. The molecule has 0 unspecified atom stereocenters. The van der Waals surface area contributed by atoms with Crippen molar-refractivity contribution in [2.75, 3.05) is 13.1 Å². The summed E-state index contributed by atoms with van der Waals surface area (Å²) in [5, 5.41) is 3.94. The Kier molecular flexibility index (Phi) is 4.27. The molecule has 1 amide bonds. The smallest absolute Gasteiger partial charge is 0.222 e. The number of aryl methyl sites for hydroxylation is 2. The third kappa shape index (κ3) is 3.05. The average Bonchev–Trinajstić information content (AvgIpc) is 3.16. The molecule has 3 rings (SSSR count). The summed E-state index contributed by atoms with van der Waals surface area (Å²) >= 11 is 0. The molecule has 6 heteroatoms. The molecule has 1 aliphatic rings. The number of aromatic nitrogens is 3. The van der Waals surface area contributed by atoms with Crippen molar-refractivity contribution in [3.05, 3.63) is 35.2 Å². The molecule has 6 nitrogen and oxygen atoms in total. The number of carbonyl (C=O) groups excluding carboxylic acids is 1. The summed E-state index contributed by atoms with van der Waals surface area (Å²) in [4.78, 5) is 21.9. The molecule has 1 saturated heterocycles. The van der Waals surface area contributed by atoms with E-state index in [9.17, 15) is 4.79 Å². The molecular weight excluding hydrogens is 280 g/mol. The standard InChI is InChI=1S/C16H22N4O2/c1-11-14(12(2)22-19-11)5-6-15(21)20-9-3-4-13(10-20)16-17-7-8-18-16/h7-8,13H,3-6,9-10H2,1-2H3,(H,17,18)/t13-/m0/s1. The Balaban J connectivity index is 1.58. The van der Waals surface area contributed by atoms with E-state index in [-0.39, 0.29) is 5.91 Å². The van der Waals surface area contributed by atoms with Crippen molar-refractivity contribution in [2.45, 2.75) is 45.4 Å². The normalized spacial score (nSPS) is 18.6. The minimum atomic E-state index is 0.205. The number of H-pyrrole nitrogens is 1. The number of likely N-dealkylation sites (tertiary alicyclic amines) is 1. The van der Waals surface area contributed by atoms with Gasteiger partial charge in [0.05, 0.1) is 5.69 Å². The maximum Gasteiger partial charge on any atom is 0.222 e. The van der Waals surface area contributed by atoms with Gasteiger partial charge in [-0.05, 0) is 33.1 Å². The molecule has 3 heterocycles. The van der Waals surface area contributed by atoms with Crippen molar-refractivity contribution in [3.8, 4) is 0 Å². The Morgan fingerprint density at radius 2 is 2.36 bits per heavy atom. The first-order valence-electron chi connectivity index (χ1n) is 7.84. The number of carbonyl (C=O) groups is 1. The number of hydrogen-bond donors (Lipinski definition) is 1. The third-order valence-electron chi connectivity index (χ3n) is 4.45. The van der Waals surface area contributed by atoms with Crippen LogP contribution in [0.1, 0.15) is 48.0 Å². The predicted octanol–water partition coefficient (Wildman–Crippen LogP) is 2.35. The van der Waals surface area contributed by atoms with E-state index in [0.29, 0.717) is 18.8 Å². The van der Waals surface area contributed by atoms with Gasteiger partial charge in [0.1, 0.15) is 11.6 Å². The van der Waals surface area contributed by atoms with Crippen LogP contribution in [-0.4, -0.2) is 39.0 Å². The van der Waals surface area contributed by atoms with Gasteiger partial charge in [0.25, 0.3) is 0 Å². The van der Waals surface area contributed by atoms with Gasteiger partial charge >= 0.3 is 0 Å². The second kappa shape index (κ2) is 6.34. The van der Waals surface area contributed by atoms with Crippen molar-refractivity contribution in [2.24, 2.45) is 0 Å². The van der Waals surface area contributed by atoms with E-state index in [1.165, 1.54) is 0 Å². The number of amides is 1. The molecule has 0 saturated carbocycles. The Bertz CT molecular complexity index is 613. The van der Waals surface area contributed by atoms with Crippen LogP contribution in [0.15, 0.2) is 16.9 Å². The monoisotopic (exact) mass is 302 g/mol. The van der Waals surface area contributed by atoms with Crippen LogP contribution in [0.5, 0.6) is 0 Å². The van der Waals surface area contributed by atoms with E-state index < -0.39 is 0 Å². The number of imidazole rings is 1. The number of piperidine rings is 1. The maximum atomic E-state index is 12.5. The molecule has 2 aromatic rings. The second-order valence-electron chi connectivity index (χ2n) is 5.96. The minimum Gasteiger partial charge on any atom is -0.361 e. The first kappa shape index (κ1) is 14.8. The molecule has 2 aromatic heterocycles. The molecule has 1 atom stereocenters. The van der Waals surface area contributed by atoms with Gasteiger partial charge < -0.3 is 14.4 Å². The van der Waals surface area contributed by atoms with Gasteiger partial charge in [-0.25, -0.2) is 4.98 Å². The van der Waals surface area contributed by atoms with Crippen LogP contribution in [0.3, 0.4) is 0 Å². The molecule has 1 fully saturated rings. The van der Waals surface area contributed by atoms with Crippen molar-refractivity contribution < 1.29 is 9.32 Å². The molecule has 22 heavy (non-hydrogen) atoms. The van der Waals surface area contributed by atoms with Crippen molar-refractivity contribution >= 4 is 5.91 Å². The first-order valence-corrected chi connectivity index (χ1v) is 7.84. The van der Waals surface area contributed by atoms with Gasteiger partial charge in [-0.3, -0.25) is 4.79 Å². The van der Waals surface area contributed by atoms with Crippen LogP contribution in [0, 0.1) is 13.8 Å². The first-order chi connectivity index (χ1) is 10.6. The summed E-state index contributed by atoms with van der Waals surface area (Å²) in [6.07, 6.45) is 6.93. The molecule has 1 N–H and O–H groups in total.